The molecule has 94 valence electrons. The van der Waals surface area contributed by atoms with Gasteiger partial charge in [-0.2, -0.15) is 0 Å². The van der Waals surface area contributed by atoms with Crippen LogP contribution in [0.2, 0.25) is 0 Å². The number of anilines is 1. The number of benzene rings is 1. The highest BCUT2D eigenvalue weighted by Gasteiger charge is 2.14. The Hall–Kier alpha value is -1.47. The average molecular weight is 328 g/mol. The van der Waals surface area contributed by atoms with Crippen LogP contribution in [0.15, 0.2) is 28.1 Å². The number of thiazole rings is 1. The molecule has 2 rings (SSSR count). The van der Waals surface area contributed by atoms with E-state index in [0.717, 1.165) is 10.7 Å². The van der Waals surface area contributed by atoms with Gasteiger partial charge in [0.15, 0.2) is 0 Å². The minimum atomic E-state index is -0.403. The van der Waals surface area contributed by atoms with Crippen molar-refractivity contribution < 1.29 is 4.92 Å². The first kappa shape index (κ1) is 13.0. The van der Waals surface area contributed by atoms with Gasteiger partial charge in [-0.3, -0.25) is 10.1 Å². The first-order valence-electron chi connectivity index (χ1n) is 5.15. The predicted molar refractivity (Wildman–Crippen MR) is 75.0 cm³/mol. The molecule has 5 nitrogen and oxygen atoms in total. The average Bonchev–Trinajstić information content (AvgIpc) is 2.73. The summed E-state index contributed by atoms with van der Waals surface area (Å²) in [5, 5.41) is 16.8. The maximum atomic E-state index is 10.9. The van der Waals surface area contributed by atoms with Crippen LogP contribution in [0.3, 0.4) is 0 Å². The van der Waals surface area contributed by atoms with E-state index < -0.39 is 4.92 Å². The molecule has 7 heteroatoms. The number of aromatic nitrogens is 1. The zero-order chi connectivity index (χ0) is 13.1. The van der Waals surface area contributed by atoms with E-state index in [0.29, 0.717) is 16.7 Å². The van der Waals surface area contributed by atoms with Gasteiger partial charge in [-0.15, -0.1) is 11.3 Å². The van der Waals surface area contributed by atoms with Crippen LogP contribution in [0.5, 0.6) is 0 Å². The maximum Gasteiger partial charge on any atom is 0.293 e. The Morgan fingerprint density at radius 3 is 2.94 bits per heavy atom. The molecule has 0 atom stereocenters. The smallest absolute Gasteiger partial charge is 0.293 e. The number of nitro benzene ring substituents is 1. The highest BCUT2D eigenvalue weighted by atomic mass is 79.9. The Morgan fingerprint density at radius 2 is 2.33 bits per heavy atom. The molecular weight excluding hydrogens is 318 g/mol. The second-order valence-corrected chi connectivity index (χ2v) is 5.51. The van der Waals surface area contributed by atoms with Gasteiger partial charge in [0.2, 0.25) is 0 Å². The van der Waals surface area contributed by atoms with Crippen LogP contribution in [0, 0.1) is 17.0 Å². The van der Waals surface area contributed by atoms with Gasteiger partial charge in [0.25, 0.3) is 5.69 Å². The fraction of sp³-hybridized carbons (Fsp3) is 0.182. The van der Waals surface area contributed by atoms with Gasteiger partial charge in [-0.25, -0.2) is 4.98 Å². The molecule has 0 saturated carbocycles. The van der Waals surface area contributed by atoms with Gasteiger partial charge in [0.1, 0.15) is 10.7 Å². The summed E-state index contributed by atoms with van der Waals surface area (Å²) < 4.78 is 0.685. The third-order valence-corrected chi connectivity index (χ3v) is 3.71. The molecular formula is C11H10BrN3O2S. The summed E-state index contributed by atoms with van der Waals surface area (Å²) in [6.07, 6.45) is 0. The van der Waals surface area contributed by atoms with Crippen molar-refractivity contribution in [3.05, 3.63) is 48.9 Å². The lowest BCUT2D eigenvalue weighted by Gasteiger charge is -2.05. The van der Waals surface area contributed by atoms with Crippen LogP contribution in [0.1, 0.15) is 10.7 Å². The first-order chi connectivity index (χ1) is 8.56. The molecule has 0 amide bonds. The number of halogens is 1. The lowest BCUT2D eigenvalue weighted by atomic mass is 10.2. The third-order valence-electron chi connectivity index (χ3n) is 2.25. The normalized spacial score (nSPS) is 10.3. The van der Waals surface area contributed by atoms with Crippen molar-refractivity contribution in [2.45, 2.75) is 13.5 Å². The van der Waals surface area contributed by atoms with E-state index >= 15 is 0 Å². The molecule has 0 saturated heterocycles. The Balaban J connectivity index is 2.16. The second-order valence-electron chi connectivity index (χ2n) is 3.65. The minimum absolute atomic E-state index is 0.0534. The molecule has 0 unspecified atom stereocenters. The number of hydrogen-bond acceptors (Lipinski definition) is 5. The topological polar surface area (TPSA) is 68.1 Å². The van der Waals surface area contributed by atoms with E-state index in [1.165, 1.54) is 17.4 Å². The summed E-state index contributed by atoms with van der Waals surface area (Å²) in [6, 6.07) is 4.93. The lowest BCUT2D eigenvalue weighted by Crippen LogP contribution is -2.02. The van der Waals surface area contributed by atoms with Gasteiger partial charge < -0.3 is 5.32 Å². The van der Waals surface area contributed by atoms with E-state index in [1.54, 1.807) is 12.1 Å². The molecule has 0 aliphatic rings. The predicted octanol–water partition coefficient (Wildman–Crippen LogP) is 3.73. The standard InChI is InChI=1S/C11H10BrN3O2S/c1-7-6-18-11(14-7)5-13-9-3-2-8(12)4-10(9)15(16)17/h2-4,6,13H,5H2,1H3. The van der Waals surface area contributed by atoms with E-state index in [1.807, 2.05) is 12.3 Å². The van der Waals surface area contributed by atoms with Gasteiger partial charge in [0.05, 0.1) is 11.5 Å². The molecule has 1 heterocycles. The monoisotopic (exact) mass is 327 g/mol. The van der Waals surface area contributed by atoms with E-state index in [2.05, 4.69) is 26.2 Å². The molecule has 0 fully saturated rings. The molecule has 1 aromatic carbocycles. The third kappa shape index (κ3) is 3.05. The SMILES string of the molecule is Cc1csc(CNc2ccc(Br)cc2[N+](=O)[O-])n1. The quantitative estimate of drug-likeness (QED) is 0.686. The van der Waals surface area contributed by atoms with Gasteiger partial charge in [-0.05, 0) is 19.1 Å². The van der Waals surface area contributed by atoms with Crippen LogP contribution < -0.4 is 5.32 Å². The van der Waals surface area contributed by atoms with Crippen molar-refractivity contribution in [2.75, 3.05) is 5.32 Å². The van der Waals surface area contributed by atoms with Crippen molar-refractivity contribution in [3.63, 3.8) is 0 Å². The number of nitrogens with zero attached hydrogens (tertiary/aromatic N) is 2. The van der Waals surface area contributed by atoms with Gasteiger partial charge in [0, 0.05) is 21.6 Å². The molecule has 0 spiro atoms. The molecule has 0 bridgehead atoms. The fourth-order valence-corrected chi connectivity index (χ4v) is 2.52. The second kappa shape index (κ2) is 5.45. The van der Waals surface area contributed by atoms with Crippen molar-refractivity contribution in [2.24, 2.45) is 0 Å². The van der Waals surface area contributed by atoms with E-state index in [-0.39, 0.29) is 5.69 Å². The van der Waals surface area contributed by atoms with Crippen molar-refractivity contribution in [3.8, 4) is 0 Å². The minimum Gasteiger partial charge on any atom is -0.373 e. The molecule has 0 aliphatic heterocycles. The summed E-state index contributed by atoms with van der Waals surface area (Å²) in [5.74, 6) is 0. The number of aryl methyl sites for hydroxylation is 1. The summed E-state index contributed by atoms with van der Waals surface area (Å²) in [4.78, 5) is 14.8. The lowest BCUT2D eigenvalue weighted by molar-refractivity contribution is -0.384. The summed E-state index contributed by atoms with van der Waals surface area (Å²) in [7, 11) is 0. The fourth-order valence-electron chi connectivity index (χ4n) is 1.46. The molecule has 0 radical (unpaired) electrons. The Bertz CT molecular complexity index is 585. The van der Waals surface area contributed by atoms with E-state index in [4.69, 9.17) is 0 Å². The van der Waals surface area contributed by atoms with Gasteiger partial charge in [-0.1, -0.05) is 15.9 Å². The van der Waals surface area contributed by atoms with E-state index in [9.17, 15) is 10.1 Å². The summed E-state index contributed by atoms with van der Waals surface area (Å²) in [5.41, 5.74) is 1.51. The van der Waals surface area contributed by atoms with Crippen LogP contribution in [0.4, 0.5) is 11.4 Å². The molecule has 0 aliphatic carbocycles. The van der Waals surface area contributed by atoms with Crippen LogP contribution in [-0.2, 0) is 6.54 Å². The van der Waals surface area contributed by atoms with Gasteiger partial charge >= 0.3 is 0 Å². The summed E-state index contributed by atoms with van der Waals surface area (Å²) >= 11 is 4.75. The van der Waals surface area contributed by atoms with Crippen molar-refractivity contribution in [1.29, 1.82) is 0 Å². The Kier molecular flexibility index (Phi) is 3.93. The maximum absolute atomic E-state index is 10.9. The number of rotatable bonds is 4. The first-order valence-corrected chi connectivity index (χ1v) is 6.82. The summed E-state index contributed by atoms with van der Waals surface area (Å²) in [6.45, 7) is 2.41. The zero-order valence-electron chi connectivity index (χ0n) is 9.51. The van der Waals surface area contributed by atoms with Crippen molar-refractivity contribution in [1.82, 2.24) is 4.98 Å². The molecule has 1 N–H and O–H groups in total. The molecule has 18 heavy (non-hydrogen) atoms. The number of nitro groups is 1. The Labute approximate surface area is 116 Å². The van der Waals surface area contributed by atoms with Crippen LogP contribution >= 0.6 is 27.3 Å². The van der Waals surface area contributed by atoms with Crippen LogP contribution in [0.25, 0.3) is 0 Å². The highest BCUT2D eigenvalue weighted by Crippen LogP contribution is 2.28. The molecule has 1 aromatic heterocycles. The molecule has 2 aromatic rings. The number of hydrogen-bond donors (Lipinski definition) is 1. The van der Waals surface area contributed by atoms with Crippen LogP contribution in [-0.4, -0.2) is 9.91 Å². The zero-order valence-corrected chi connectivity index (χ0v) is 11.9. The largest absolute Gasteiger partial charge is 0.373 e. The highest BCUT2D eigenvalue weighted by molar-refractivity contribution is 9.10. The van der Waals surface area contributed by atoms with Crippen molar-refractivity contribution >= 4 is 38.6 Å². The number of nitrogens with one attached hydrogen (secondary N) is 1. The Morgan fingerprint density at radius 1 is 1.56 bits per heavy atom.